The molecule has 2 fully saturated rings. The largest absolute Gasteiger partial charge is 0.383 e. The van der Waals surface area contributed by atoms with E-state index in [9.17, 15) is 0 Å². The Morgan fingerprint density at radius 2 is 1.52 bits per heavy atom. The molecule has 0 aromatic carbocycles. The standard InChI is InChI=1S/C16H17N7/c17-15-10(13-5-11(20-22-13)8-1-2-8)7-18-16(19-15)14-6-12(21-23-14)9-3-4-9/h5-9H,1-4H2,(H,20,22)(H,21,23)(H2,17,18,19). The van der Waals surface area contributed by atoms with Crippen molar-refractivity contribution in [2.45, 2.75) is 37.5 Å². The summed E-state index contributed by atoms with van der Waals surface area (Å²) in [5.74, 6) is 2.23. The van der Waals surface area contributed by atoms with Crippen LogP contribution in [0.4, 0.5) is 5.82 Å². The number of nitrogens with zero attached hydrogens (tertiary/aromatic N) is 4. The molecule has 0 unspecified atom stereocenters. The van der Waals surface area contributed by atoms with Gasteiger partial charge in [0.15, 0.2) is 5.82 Å². The van der Waals surface area contributed by atoms with E-state index in [4.69, 9.17) is 5.73 Å². The van der Waals surface area contributed by atoms with Crippen molar-refractivity contribution >= 4 is 5.82 Å². The van der Waals surface area contributed by atoms with Crippen LogP contribution in [0.25, 0.3) is 22.8 Å². The maximum absolute atomic E-state index is 6.13. The fourth-order valence-corrected chi connectivity index (χ4v) is 2.85. The number of nitrogens with two attached hydrogens (primary N) is 1. The Hall–Kier alpha value is -2.70. The average molecular weight is 307 g/mol. The van der Waals surface area contributed by atoms with Gasteiger partial charge in [0.05, 0.1) is 11.3 Å². The zero-order valence-corrected chi connectivity index (χ0v) is 12.6. The summed E-state index contributed by atoms with van der Waals surface area (Å²) in [6.45, 7) is 0. The number of aromatic amines is 2. The zero-order valence-electron chi connectivity index (χ0n) is 12.6. The van der Waals surface area contributed by atoms with Crippen LogP contribution >= 0.6 is 0 Å². The van der Waals surface area contributed by atoms with Crippen LogP contribution in [0.5, 0.6) is 0 Å². The molecule has 3 heterocycles. The van der Waals surface area contributed by atoms with Crippen LogP contribution in [0.1, 0.15) is 48.9 Å². The van der Waals surface area contributed by atoms with Crippen molar-refractivity contribution < 1.29 is 0 Å². The van der Waals surface area contributed by atoms with Crippen LogP contribution in [-0.2, 0) is 0 Å². The Labute approximate surface area is 132 Å². The first-order valence-corrected chi connectivity index (χ1v) is 8.02. The molecule has 2 aliphatic rings. The Morgan fingerprint density at radius 1 is 0.913 bits per heavy atom. The first-order valence-electron chi connectivity index (χ1n) is 8.02. The summed E-state index contributed by atoms with van der Waals surface area (Å²) in [6.07, 6.45) is 6.65. The molecule has 116 valence electrons. The van der Waals surface area contributed by atoms with Crippen LogP contribution in [0.3, 0.4) is 0 Å². The number of hydrogen-bond acceptors (Lipinski definition) is 5. The third kappa shape index (κ3) is 2.28. The molecule has 0 atom stereocenters. The minimum absolute atomic E-state index is 0.430. The van der Waals surface area contributed by atoms with Crippen molar-refractivity contribution in [1.29, 1.82) is 0 Å². The molecule has 5 rings (SSSR count). The lowest BCUT2D eigenvalue weighted by Gasteiger charge is -2.02. The van der Waals surface area contributed by atoms with E-state index < -0.39 is 0 Å². The number of anilines is 1. The highest BCUT2D eigenvalue weighted by Gasteiger charge is 2.27. The predicted octanol–water partition coefficient (Wildman–Crippen LogP) is 2.59. The number of aromatic nitrogens is 6. The van der Waals surface area contributed by atoms with Gasteiger partial charge in [-0.25, -0.2) is 9.97 Å². The highest BCUT2D eigenvalue weighted by Crippen LogP contribution is 2.41. The van der Waals surface area contributed by atoms with Gasteiger partial charge in [0.2, 0.25) is 0 Å². The summed E-state index contributed by atoms with van der Waals surface area (Å²) in [5.41, 5.74) is 10.8. The summed E-state index contributed by atoms with van der Waals surface area (Å²) in [6, 6.07) is 4.07. The van der Waals surface area contributed by atoms with E-state index in [1.165, 1.54) is 31.4 Å². The van der Waals surface area contributed by atoms with Crippen LogP contribution < -0.4 is 5.73 Å². The normalized spacial score (nSPS) is 17.6. The Kier molecular flexibility index (Phi) is 2.59. The molecule has 3 aromatic heterocycles. The van der Waals surface area contributed by atoms with E-state index in [2.05, 4.69) is 30.4 Å². The lowest BCUT2D eigenvalue weighted by atomic mass is 10.2. The molecular formula is C16H17N7. The molecule has 0 spiro atoms. The van der Waals surface area contributed by atoms with E-state index in [1.807, 2.05) is 12.1 Å². The molecule has 2 saturated carbocycles. The summed E-state index contributed by atoms with van der Waals surface area (Å²) < 4.78 is 0. The van der Waals surface area contributed by atoms with Gasteiger partial charge in [0.25, 0.3) is 0 Å². The van der Waals surface area contributed by atoms with Crippen LogP contribution in [0, 0.1) is 0 Å². The van der Waals surface area contributed by atoms with Gasteiger partial charge in [-0.3, -0.25) is 10.2 Å². The van der Waals surface area contributed by atoms with Crippen molar-refractivity contribution in [3.05, 3.63) is 29.7 Å². The van der Waals surface area contributed by atoms with Gasteiger partial charge in [-0.15, -0.1) is 0 Å². The number of hydrogen-bond donors (Lipinski definition) is 3. The van der Waals surface area contributed by atoms with Gasteiger partial charge >= 0.3 is 0 Å². The Bertz CT molecular complexity index is 870. The molecular weight excluding hydrogens is 290 g/mol. The van der Waals surface area contributed by atoms with E-state index in [-0.39, 0.29) is 0 Å². The number of rotatable bonds is 4. The van der Waals surface area contributed by atoms with Gasteiger partial charge in [-0.2, -0.15) is 10.2 Å². The number of nitrogen functional groups attached to an aromatic ring is 1. The van der Waals surface area contributed by atoms with Crippen LogP contribution in [0.2, 0.25) is 0 Å². The highest BCUT2D eigenvalue weighted by atomic mass is 15.1. The van der Waals surface area contributed by atoms with Gasteiger partial charge in [-0.05, 0) is 37.8 Å². The summed E-state index contributed by atoms with van der Waals surface area (Å²) >= 11 is 0. The van der Waals surface area contributed by atoms with Crippen molar-refractivity contribution in [1.82, 2.24) is 30.4 Å². The van der Waals surface area contributed by atoms with Crippen molar-refractivity contribution in [2.24, 2.45) is 0 Å². The number of H-pyrrole nitrogens is 2. The van der Waals surface area contributed by atoms with Gasteiger partial charge < -0.3 is 5.73 Å². The lowest BCUT2D eigenvalue weighted by Crippen LogP contribution is -1.99. The molecule has 7 nitrogen and oxygen atoms in total. The van der Waals surface area contributed by atoms with Gasteiger partial charge in [0, 0.05) is 29.4 Å². The highest BCUT2D eigenvalue weighted by molar-refractivity contribution is 5.72. The van der Waals surface area contributed by atoms with E-state index >= 15 is 0 Å². The van der Waals surface area contributed by atoms with E-state index in [0.717, 1.165) is 22.6 Å². The topological polar surface area (TPSA) is 109 Å². The van der Waals surface area contributed by atoms with Crippen molar-refractivity contribution in [3.63, 3.8) is 0 Å². The minimum Gasteiger partial charge on any atom is -0.383 e. The van der Waals surface area contributed by atoms with Crippen LogP contribution in [0.15, 0.2) is 18.3 Å². The SMILES string of the molecule is Nc1nc(-c2cc(C3CC3)[nH]n2)ncc1-c1cc(C2CC2)[nH]n1. The molecule has 3 aromatic rings. The molecule has 4 N–H and O–H groups in total. The fourth-order valence-electron chi connectivity index (χ4n) is 2.85. The monoisotopic (exact) mass is 307 g/mol. The van der Waals surface area contributed by atoms with Crippen molar-refractivity contribution in [3.8, 4) is 22.8 Å². The molecule has 7 heteroatoms. The van der Waals surface area contributed by atoms with Crippen LogP contribution in [-0.4, -0.2) is 30.4 Å². The smallest absolute Gasteiger partial charge is 0.182 e. The maximum Gasteiger partial charge on any atom is 0.182 e. The molecule has 0 bridgehead atoms. The Balaban J connectivity index is 1.46. The Morgan fingerprint density at radius 3 is 2.13 bits per heavy atom. The predicted molar refractivity (Wildman–Crippen MR) is 85.6 cm³/mol. The molecule has 2 aliphatic carbocycles. The molecule has 0 radical (unpaired) electrons. The first-order chi connectivity index (χ1) is 11.3. The van der Waals surface area contributed by atoms with Gasteiger partial charge in [0.1, 0.15) is 11.5 Å². The molecule has 0 aliphatic heterocycles. The summed E-state index contributed by atoms with van der Waals surface area (Å²) in [7, 11) is 0. The average Bonchev–Trinajstić information content (AvgIpc) is 3.49. The minimum atomic E-state index is 0.430. The third-order valence-corrected chi connectivity index (χ3v) is 4.55. The summed E-state index contributed by atoms with van der Waals surface area (Å²) in [4.78, 5) is 8.83. The first kappa shape index (κ1) is 12.8. The lowest BCUT2D eigenvalue weighted by molar-refractivity contribution is 0.962. The summed E-state index contributed by atoms with van der Waals surface area (Å²) in [5, 5.41) is 14.8. The third-order valence-electron chi connectivity index (χ3n) is 4.55. The fraction of sp³-hybridized carbons (Fsp3) is 0.375. The van der Waals surface area contributed by atoms with Gasteiger partial charge in [-0.1, -0.05) is 0 Å². The second-order valence-corrected chi connectivity index (χ2v) is 6.46. The quantitative estimate of drug-likeness (QED) is 0.686. The maximum atomic E-state index is 6.13. The molecule has 0 saturated heterocycles. The molecule has 23 heavy (non-hydrogen) atoms. The molecule has 0 amide bonds. The zero-order chi connectivity index (χ0) is 15.4. The van der Waals surface area contributed by atoms with E-state index in [1.54, 1.807) is 6.20 Å². The van der Waals surface area contributed by atoms with E-state index in [0.29, 0.717) is 23.5 Å². The second kappa shape index (κ2) is 4.65. The number of nitrogens with one attached hydrogen (secondary N) is 2. The van der Waals surface area contributed by atoms with Crippen molar-refractivity contribution in [2.75, 3.05) is 5.73 Å². The second-order valence-electron chi connectivity index (χ2n) is 6.46.